The van der Waals surface area contributed by atoms with Crippen molar-refractivity contribution < 1.29 is 22.3 Å². The molecule has 0 saturated heterocycles. The average molecular weight is 515 g/mol. The highest BCUT2D eigenvalue weighted by Crippen LogP contribution is 2.38. The second-order valence-corrected chi connectivity index (χ2v) is 12.3. The first-order chi connectivity index (χ1) is 15.4. The largest absolute Gasteiger partial charge is 0.476 e. The molecule has 0 bridgehead atoms. The summed E-state index contributed by atoms with van der Waals surface area (Å²) in [6.45, 7) is 6.33. The van der Waals surface area contributed by atoms with Crippen LogP contribution in [0.4, 0.5) is 10.1 Å². The van der Waals surface area contributed by atoms with E-state index in [0.717, 1.165) is 11.8 Å². The Kier molecular flexibility index (Phi) is 7.86. The van der Waals surface area contributed by atoms with Crippen molar-refractivity contribution in [2.45, 2.75) is 38.0 Å². The maximum absolute atomic E-state index is 13.8. The number of halogens is 2. The summed E-state index contributed by atoms with van der Waals surface area (Å²) in [6.07, 6.45) is 0.143. The first-order valence-corrected chi connectivity index (χ1v) is 13.8. The van der Waals surface area contributed by atoms with Crippen molar-refractivity contribution in [3.63, 3.8) is 0 Å². The zero-order valence-corrected chi connectivity index (χ0v) is 21.4. The van der Waals surface area contributed by atoms with Crippen LogP contribution in [-0.4, -0.2) is 45.5 Å². The molecule has 0 radical (unpaired) electrons. The smallest absolute Gasteiger partial charge is 0.263 e. The zero-order chi connectivity index (χ0) is 24.4. The van der Waals surface area contributed by atoms with E-state index in [9.17, 15) is 17.6 Å². The number of nitrogens with zero attached hydrogens (tertiary/aromatic N) is 1. The SMILES string of the molecule is CC(C)(C)c1ccc2c(c1)N(S(C)(=O)=O)CC(C(=O)NCCSCc1c(F)cccc1Cl)O2. The third kappa shape index (κ3) is 6.33. The van der Waals surface area contributed by atoms with Gasteiger partial charge in [-0.15, -0.1) is 0 Å². The maximum Gasteiger partial charge on any atom is 0.263 e. The van der Waals surface area contributed by atoms with Gasteiger partial charge in [-0.2, -0.15) is 11.8 Å². The number of fused-ring (bicyclic) bond motifs is 1. The van der Waals surface area contributed by atoms with Crippen LogP contribution < -0.4 is 14.4 Å². The van der Waals surface area contributed by atoms with Crippen LogP contribution in [-0.2, 0) is 26.0 Å². The van der Waals surface area contributed by atoms with Gasteiger partial charge in [-0.25, -0.2) is 12.8 Å². The standard InChI is InChI=1S/C23H28ClFN2O4S2/c1-23(2,3)15-8-9-20-19(12-15)27(33(4,29)30)13-21(31-20)22(28)26-10-11-32-14-16-17(24)6-5-7-18(16)25/h5-9,12,21H,10-11,13-14H2,1-4H3,(H,26,28). The van der Waals surface area contributed by atoms with Crippen LogP contribution in [0.5, 0.6) is 5.75 Å². The number of nitrogens with one attached hydrogen (secondary N) is 1. The number of hydrogen-bond acceptors (Lipinski definition) is 5. The minimum absolute atomic E-state index is 0.108. The highest BCUT2D eigenvalue weighted by Gasteiger charge is 2.35. The molecule has 33 heavy (non-hydrogen) atoms. The van der Waals surface area contributed by atoms with E-state index in [2.05, 4.69) is 5.32 Å². The van der Waals surface area contributed by atoms with Crippen molar-refractivity contribution >= 4 is 45.0 Å². The quantitative estimate of drug-likeness (QED) is 0.556. The van der Waals surface area contributed by atoms with Crippen LogP contribution in [0.25, 0.3) is 0 Å². The van der Waals surface area contributed by atoms with Crippen molar-refractivity contribution in [2.75, 3.05) is 29.4 Å². The van der Waals surface area contributed by atoms with Gasteiger partial charge in [0, 0.05) is 28.6 Å². The van der Waals surface area contributed by atoms with Gasteiger partial charge in [0.25, 0.3) is 5.91 Å². The number of rotatable bonds is 7. The molecule has 2 aromatic carbocycles. The maximum atomic E-state index is 13.8. The Balaban J connectivity index is 1.62. The number of carbonyl (C=O) groups is 1. The summed E-state index contributed by atoms with van der Waals surface area (Å²) in [5.74, 6) is 0.503. The Morgan fingerprint density at radius 1 is 1.30 bits per heavy atom. The van der Waals surface area contributed by atoms with E-state index >= 15 is 0 Å². The van der Waals surface area contributed by atoms with Gasteiger partial charge >= 0.3 is 0 Å². The molecule has 0 fully saturated rings. The number of ether oxygens (including phenoxy) is 1. The molecule has 1 aliphatic rings. The number of thioether (sulfide) groups is 1. The number of anilines is 1. The molecule has 0 saturated carbocycles. The number of carbonyl (C=O) groups excluding carboxylic acids is 1. The monoisotopic (exact) mass is 514 g/mol. The zero-order valence-electron chi connectivity index (χ0n) is 19.0. The fourth-order valence-electron chi connectivity index (χ4n) is 3.37. The van der Waals surface area contributed by atoms with Gasteiger partial charge in [-0.1, -0.05) is 44.5 Å². The number of hydrogen-bond donors (Lipinski definition) is 1. The molecule has 6 nitrogen and oxygen atoms in total. The molecule has 1 unspecified atom stereocenters. The van der Waals surface area contributed by atoms with Crippen LogP contribution in [0.3, 0.4) is 0 Å². The summed E-state index contributed by atoms with van der Waals surface area (Å²) in [5.41, 5.74) is 1.66. The second kappa shape index (κ2) is 10.1. The van der Waals surface area contributed by atoms with E-state index in [0.29, 0.717) is 40.1 Å². The predicted octanol–water partition coefficient (Wildman–Crippen LogP) is 4.35. The van der Waals surface area contributed by atoms with Crippen molar-refractivity contribution in [1.29, 1.82) is 0 Å². The van der Waals surface area contributed by atoms with Crippen molar-refractivity contribution in [2.24, 2.45) is 0 Å². The molecule has 1 N–H and O–H groups in total. The lowest BCUT2D eigenvalue weighted by atomic mass is 9.86. The minimum Gasteiger partial charge on any atom is -0.476 e. The Morgan fingerprint density at radius 2 is 2.03 bits per heavy atom. The molecule has 1 heterocycles. The van der Waals surface area contributed by atoms with Gasteiger partial charge in [0.05, 0.1) is 18.5 Å². The van der Waals surface area contributed by atoms with Gasteiger partial charge in [0.2, 0.25) is 10.0 Å². The highest BCUT2D eigenvalue weighted by molar-refractivity contribution is 7.98. The van der Waals surface area contributed by atoms with Gasteiger partial charge in [-0.05, 0) is 35.2 Å². The van der Waals surface area contributed by atoms with Crippen LogP contribution in [0.2, 0.25) is 5.02 Å². The lowest BCUT2D eigenvalue weighted by Crippen LogP contribution is -2.50. The minimum atomic E-state index is -3.61. The van der Waals surface area contributed by atoms with Crippen molar-refractivity contribution in [3.8, 4) is 5.75 Å². The van der Waals surface area contributed by atoms with E-state index in [1.165, 1.54) is 22.1 Å². The summed E-state index contributed by atoms with van der Waals surface area (Å²) in [6, 6.07) is 9.94. The first-order valence-electron chi connectivity index (χ1n) is 10.4. The average Bonchev–Trinajstić information content (AvgIpc) is 2.72. The number of sulfonamides is 1. The molecule has 3 rings (SSSR count). The molecule has 0 aliphatic carbocycles. The Morgan fingerprint density at radius 3 is 2.67 bits per heavy atom. The van der Waals surface area contributed by atoms with Crippen molar-refractivity contribution in [1.82, 2.24) is 5.32 Å². The van der Waals surface area contributed by atoms with E-state index in [-0.39, 0.29) is 17.8 Å². The van der Waals surface area contributed by atoms with Crippen molar-refractivity contribution in [3.05, 3.63) is 58.4 Å². The molecule has 1 atom stereocenters. The molecule has 0 aromatic heterocycles. The van der Waals surface area contributed by atoms with E-state index < -0.39 is 22.0 Å². The summed E-state index contributed by atoms with van der Waals surface area (Å²) in [7, 11) is -3.61. The second-order valence-electron chi connectivity index (χ2n) is 8.88. The molecule has 10 heteroatoms. The van der Waals surface area contributed by atoms with Gasteiger partial charge < -0.3 is 10.1 Å². The van der Waals surface area contributed by atoms with Crippen LogP contribution >= 0.6 is 23.4 Å². The summed E-state index contributed by atoms with van der Waals surface area (Å²) in [5, 5.41) is 3.14. The lowest BCUT2D eigenvalue weighted by molar-refractivity contribution is -0.127. The van der Waals surface area contributed by atoms with Gasteiger partial charge in [0.1, 0.15) is 11.6 Å². The van der Waals surface area contributed by atoms with E-state index in [1.54, 1.807) is 24.3 Å². The van der Waals surface area contributed by atoms with Crippen LogP contribution in [0.1, 0.15) is 31.9 Å². The molecule has 1 aliphatic heterocycles. The fraction of sp³-hybridized carbons (Fsp3) is 0.435. The summed E-state index contributed by atoms with van der Waals surface area (Å²) in [4.78, 5) is 12.7. The molecular weight excluding hydrogens is 487 g/mol. The Labute approximate surface area is 203 Å². The third-order valence-electron chi connectivity index (χ3n) is 5.24. The Bertz CT molecular complexity index is 1120. The summed E-state index contributed by atoms with van der Waals surface area (Å²) < 4.78 is 45.8. The number of amides is 1. The highest BCUT2D eigenvalue weighted by atomic mass is 35.5. The summed E-state index contributed by atoms with van der Waals surface area (Å²) >= 11 is 7.46. The first kappa shape index (κ1) is 25.6. The fourth-order valence-corrected chi connectivity index (χ4v) is 5.48. The lowest BCUT2D eigenvalue weighted by Gasteiger charge is -2.35. The number of benzene rings is 2. The third-order valence-corrected chi connectivity index (χ3v) is 7.73. The molecule has 180 valence electrons. The molecular formula is C23H28ClFN2O4S2. The van der Waals surface area contributed by atoms with E-state index in [1.807, 2.05) is 26.8 Å². The topological polar surface area (TPSA) is 75.7 Å². The van der Waals surface area contributed by atoms with Crippen LogP contribution in [0, 0.1) is 5.82 Å². The Hall–Kier alpha value is -1.97. The van der Waals surface area contributed by atoms with Crippen LogP contribution in [0.15, 0.2) is 36.4 Å². The van der Waals surface area contributed by atoms with E-state index in [4.69, 9.17) is 16.3 Å². The van der Waals surface area contributed by atoms with Gasteiger partial charge in [-0.3, -0.25) is 9.10 Å². The molecule has 1 amide bonds. The van der Waals surface area contributed by atoms with Gasteiger partial charge in [0.15, 0.2) is 6.10 Å². The normalized spacial score (nSPS) is 16.2. The molecule has 2 aromatic rings. The molecule has 0 spiro atoms. The predicted molar refractivity (Wildman–Crippen MR) is 132 cm³/mol.